The molecule has 0 bridgehead atoms. The minimum atomic E-state index is -0.458. The number of hydrogen-bond donors (Lipinski definition) is 1. The fourth-order valence-corrected chi connectivity index (χ4v) is 4.84. The Bertz CT molecular complexity index is 961. The number of rotatable bonds is 7. The molecule has 9 nitrogen and oxygen atoms in total. The molecule has 1 aliphatic carbocycles. The van der Waals surface area contributed by atoms with Crippen molar-refractivity contribution in [3.05, 3.63) is 41.5 Å². The highest BCUT2D eigenvalue weighted by Crippen LogP contribution is 2.50. The zero-order valence-corrected chi connectivity index (χ0v) is 18.1. The number of hydrogen-bond acceptors (Lipinski definition) is 7. The molecule has 0 radical (unpaired) electrons. The quantitative estimate of drug-likeness (QED) is 0.710. The highest BCUT2D eigenvalue weighted by atomic mass is 16.5. The third-order valence-electron chi connectivity index (χ3n) is 6.17. The predicted octanol–water partition coefficient (Wildman–Crippen LogP) is 1.39. The van der Waals surface area contributed by atoms with Crippen molar-refractivity contribution in [2.24, 2.45) is 5.92 Å². The van der Waals surface area contributed by atoms with Crippen LogP contribution in [-0.4, -0.2) is 66.3 Å². The van der Waals surface area contributed by atoms with Gasteiger partial charge in [-0.15, -0.1) is 0 Å². The molecule has 2 aliphatic rings. The van der Waals surface area contributed by atoms with Crippen molar-refractivity contribution in [2.45, 2.75) is 38.1 Å². The average Bonchev–Trinajstić information content (AvgIpc) is 3.39. The number of nitrogens with zero attached hydrogens (tertiary/aromatic N) is 3. The van der Waals surface area contributed by atoms with E-state index in [-0.39, 0.29) is 37.0 Å². The van der Waals surface area contributed by atoms with E-state index in [9.17, 15) is 9.59 Å². The molecule has 166 valence electrons. The van der Waals surface area contributed by atoms with Crippen molar-refractivity contribution in [3.8, 4) is 5.75 Å². The first-order chi connectivity index (χ1) is 14.9. The molecule has 2 heterocycles. The smallest absolute Gasteiger partial charge is 0.258 e. The number of ether oxygens (including phenoxy) is 2. The van der Waals surface area contributed by atoms with Gasteiger partial charge in [0.15, 0.2) is 12.4 Å². The number of methoxy groups -OCH3 is 1. The van der Waals surface area contributed by atoms with Crippen molar-refractivity contribution in [1.82, 2.24) is 20.4 Å². The van der Waals surface area contributed by atoms with E-state index in [1.165, 1.54) is 7.11 Å². The van der Waals surface area contributed by atoms with Crippen molar-refractivity contribution in [1.29, 1.82) is 0 Å². The number of carbonyl (C=O) groups excluding carboxylic acids is 2. The molecule has 0 spiro atoms. The summed E-state index contributed by atoms with van der Waals surface area (Å²) in [5.41, 5.74) is 0.617. The lowest BCUT2D eigenvalue weighted by atomic mass is 9.80. The van der Waals surface area contributed by atoms with Gasteiger partial charge in [-0.25, -0.2) is 0 Å². The zero-order chi connectivity index (χ0) is 22.0. The fraction of sp³-hybridized carbons (Fsp3) is 0.545. The Hall–Kier alpha value is -2.94. The largest absolute Gasteiger partial charge is 0.484 e. The number of nitrogens with one attached hydrogen (secondary N) is 1. The van der Waals surface area contributed by atoms with E-state index in [2.05, 4.69) is 15.5 Å². The van der Waals surface area contributed by atoms with Gasteiger partial charge in [-0.05, 0) is 50.3 Å². The third-order valence-corrected chi connectivity index (χ3v) is 6.17. The Balaban J connectivity index is 1.42. The van der Waals surface area contributed by atoms with Crippen molar-refractivity contribution in [2.75, 3.05) is 33.4 Å². The summed E-state index contributed by atoms with van der Waals surface area (Å²) in [5, 5.41) is 7.04. The van der Waals surface area contributed by atoms with Gasteiger partial charge in [0.25, 0.3) is 5.91 Å². The Kier molecular flexibility index (Phi) is 5.95. The van der Waals surface area contributed by atoms with Crippen LogP contribution in [0.25, 0.3) is 0 Å². The van der Waals surface area contributed by atoms with Gasteiger partial charge in [-0.2, -0.15) is 4.98 Å². The standard InChI is InChI=1S/C22H28N4O5/c1-14-5-4-6-18(7-14)30-11-19(27)24-17-8-16-10-26(20(28)12-29-3)13-22(16,9-17)21-23-15(2)25-31-21/h4-7,16-17H,8-13H2,1-3H3,(H,24,27)/t16-,17+,22-/m0/s1. The molecule has 2 amide bonds. The highest BCUT2D eigenvalue weighted by Gasteiger charge is 2.58. The second-order valence-corrected chi connectivity index (χ2v) is 8.52. The molecule has 2 fully saturated rings. The summed E-state index contributed by atoms with van der Waals surface area (Å²) in [6.45, 7) is 4.81. The summed E-state index contributed by atoms with van der Waals surface area (Å²) in [6, 6.07) is 7.55. The van der Waals surface area contributed by atoms with E-state index in [0.29, 0.717) is 37.0 Å². The van der Waals surface area contributed by atoms with Gasteiger partial charge in [0.1, 0.15) is 12.4 Å². The van der Waals surface area contributed by atoms with Crippen LogP contribution in [-0.2, 0) is 19.7 Å². The van der Waals surface area contributed by atoms with Crippen LogP contribution in [0.1, 0.15) is 30.1 Å². The van der Waals surface area contributed by atoms with Crippen LogP contribution in [0, 0.1) is 19.8 Å². The normalized spacial score (nSPS) is 24.8. The van der Waals surface area contributed by atoms with Gasteiger partial charge in [0, 0.05) is 26.2 Å². The summed E-state index contributed by atoms with van der Waals surface area (Å²) < 4.78 is 16.2. The molecule has 1 N–H and O–H groups in total. The van der Waals surface area contributed by atoms with Crippen LogP contribution in [0.4, 0.5) is 0 Å². The molecule has 1 saturated heterocycles. The van der Waals surface area contributed by atoms with Crippen LogP contribution in [0.15, 0.2) is 28.8 Å². The van der Waals surface area contributed by atoms with Gasteiger partial charge in [0.05, 0.1) is 5.41 Å². The lowest BCUT2D eigenvalue weighted by Crippen LogP contribution is -2.41. The molecule has 9 heteroatoms. The number of amides is 2. The highest BCUT2D eigenvalue weighted by molar-refractivity contribution is 5.79. The number of likely N-dealkylation sites (tertiary alicyclic amines) is 1. The van der Waals surface area contributed by atoms with Crippen molar-refractivity contribution < 1.29 is 23.6 Å². The minimum absolute atomic E-state index is 0.0438. The van der Waals surface area contributed by atoms with Gasteiger partial charge >= 0.3 is 0 Å². The Morgan fingerprint density at radius 2 is 2.16 bits per heavy atom. The first-order valence-electron chi connectivity index (χ1n) is 10.5. The van der Waals surface area contributed by atoms with E-state index in [4.69, 9.17) is 14.0 Å². The van der Waals surface area contributed by atoms with Gasteiger partial charge < -0.3 is 24.2 Å². The van der Waals surface area contributed by atoms with E-state index >= 15 is 0 Å². The van der Waals surface area contributed by atoms with Crippen LogP contribution < -0.4 is 10.1 Å². The number of fused-ring (bicyclic) bond motifs is 1. The Morgan fingerprint density at radius 1 is 1.32 bits per heavy atom. The predicted molar refractivity (Wildman–Crippen MR) is 110 cm³/mol. The average molecular weight is 428 g/mol. The molecular weight excluding hydrogens is 400 g/mol. The maximum absolute atomic E-state index is 12.5. The third kappa shape index (κ3) is 4.41. The molecule has 1 saturated carbocycles. The summed E-state index contributed by atoms with van der Waals surface area (Å²) in [5.74, 6) is 1.66. The monoisotopic (exact) mass is 428 g/mol. The van der Waals surface area contributed by atoms with Gasteiger partial charge in [-0.3, -0.25) is 9.59 Å². The Morgan fingerprint density at radius 3 is 2.87 bits per heavy atom. The second-order valence-electron chi connectivity index (χ2n) is 8.52. The summed E-state index contributed by atoms with van der Waals surface area (Å²) in [7, 11) is 1.51. The lowest BCUT2D eigenvalue weighted by molar-refractivity contribution is -0.134. The molecule has 31 heavy (non-hydrogen) atoms. The molecule has 4 rings (SSSR count). The topological polar surface area (TPSA) is 107 Å². The van der Waals surface area contributed by atoms with Crippen LogP contribution in [0.2, 0.25) is 0 Å². The molecular formula is C22H28N4O5. The van der Waals surface area contributed by atoms with E-state index < -0.39 is 5.41 Å². The molecule has 3 atom stereocenters. The van der Waals surface area contributed by atoms with Crippen LogP contribution in [0.5, 0.6) is 5.75 Å². The van der Waals surface area contributed by atoms with E-state index in [0.717, 1.165) is 12.0 Å². The summed E-state index contributed by atoms with van der Waals surface area (Å²) in [4.78, 5) is 31.2. The summed E-state index contributed by atoms with van der Waals surface area (Å²) >= 11 is 0. The van der Waals surface area contributed by atoms with E-state index in [1.807, 2.05) is 31.2 Å². The first kappa shape index (κ1) is 21.3. The molecule has 0 unspecified atom stereocenters. The lowest BCUT2D eigenvalue weighted by Gasteiger charge is -2.25. The van der Waals surface area contributed by atoms with Crippen LogP contribution in [0.3, 0.4) is 0 Å². The molecule has 2 aromatic rings. The second kappa shape index (κ2) is 8.66. The number of aryl methyl sites for hydroxylation is 2. The summed E-state index contributed by atoms with van der Waals surface area (Å²) in [6.07, 6.45) is 1.36. The van der Waals surface area contributed by atoms with Crippen molar-refractivity contribution >= 4 is 11.8 Å². The van der Waals surface area contributed by atoms with Crippen LogP contribution >= 0.6 is 0 Å². The minimum Gasteiger partial charge on any atom is -0.484 e. The Labute approximate surface area is 181 Å². The maximum atomic E-state index is 12.5. The number of benzene rings is 1. The van der Waals surface area contributed by atoms with Gasteiger partial charge in [0.2, 0.25) is 11.8 Å². The molecule has 1 aromatic heterocycles. The van der Waals surface area contributed by atoms with Gasteiger partial charge in [-0.1, -0.05) is 17.3 Å². The number of aromatic nitrogens is 2. The van der Waals surface area contributed by atoms with E-state index in [1.54, 1.807) is 11.8 Å². The van der Waals surface area contributed by atoms with Crippen molar-refractivity contribution in [3.63, 3.8) is 0 Å². The zero-order valence-electron chi connectivity index (χ0n) is 18.1. The molecule has 1 aliphatic heterocycles. The first-order valence-corrected chi connectivity index (χ1v) is 10.5. The molecule has 1 aromatic carbocycles. The number of carbonyl (C=O) groups is 2. The SMILES string of the molecule is COCC(=O)N1C[C@@H]2C[C@@H](NC(=O)COc3cccc(C)c3)C[C@]2(c2nc(C)no2)C1. The maximum Gasteiger partial charge on any atom is 0.258 e. The fourth-order valence-electron chi connectivity index (χ4n) is 4.84.